The summed E-state index contributed by atoms with van der Waals surface area (Å²) in [5.74, 6) is 0.419. The highest BCUT2D eigenvalue weighted by atomic mass is 16.2. The van der Waals surface area contributed by atoms with Crippen LogP contribution in [0.5, 0.6) is 0 Å². The molecule has 0 bridgehead atoms. The van der Waals surface area contributed by atoms with Gasteiger partial charge >= 0.3 is 0 Å². The predicted octanol–water partition coefficient (Wildman–Crippen LogP) is 2.87. The van der Waals surface area contributed by atoms with Crippen molar-refractivity contribution in [1.29, 1.82) is 0 Å². The fourth-order valence-corrected chi connectivity index (χ4v) is 4.33. The quantitative estimate of drug-likeness (QED) is 0.823. The predicted molar refractivity (Wildman–Crippen MR) is 108 cm³/mol. The minimum Gasteiger partial charge on any atom is -0.342 e. The third-order valence-corrected chi connectivity index (χ3v) is 6.05. The van der Waals surface area contributed by atoms with Crippen LogP contribution in [0.2, 0.25) is 0 Å². The highest BCUT2D eigenvalue weighted by molar-refractivity contribution is 5.96. The van der Waals surface area contributed by atoms with Crippen molar-refractivity contribution in [3.8, 4) is 11.1 Å². The molecule has 2 aliphatic rings. The monoisotopic (exact) mass is 380 g/mol. The van der Waals surface area contributed by atoms with E-state index < -0.39 is 0 Å². The number of carbonyl (C=O) groups is 2. The summed E-state index contributed by atoms with van der Waals surface area (Å²) >= 11 is 0. The average Bonchev–Trinajstić information content (AvgIpc) is 3.39. The molecule has 6 heteroatoms. The van der Waals surface area contributed by atoms with E-state index in [9.17, 15) is 9.59 Å². The number of hydrogen-bond acceptors (Lipinski definition) is 3. The second-order valence-electron chi connectivity index (χ2n) is 8.03. The molecule has 0 atom stereocenters. The van der Waals surface area contributed by atoms with Gasteiger partial charge in [0.25, 0.3) is 5.91 Å². The number of aromatic nitrogens is 2. The van der Waals surface area contributed by atoms with Crippen LogP contribution >= 0.6 is 0 Å². The van der Waals surface area contributed by atoms with E-state index in [1.807, 2.05) is 54.4 Å². The van der Waals surface area contributed by atoms with Gasteiger partial charge in [-0.3, -0.25) is 14.3 Å². The Bertz CT molecular complexity index is 874. The molecule has 0 aliphatic carbocycles. The molecule has 0 radical (unpaired) electrons. The van der Waals surface area contributed by atoms with Crippen LogP contribution in [-0.4, -0.2) is 57.6 Å². The molecule has 6 nitrogen and oxygen atoms in total. The van der Waals surface area contributed by atoms with Crippen molar-refractivity contribution in [1.82, 2.24) is 19.6 Å². The molecule has 0 spiro atoms. The van der Waals surface area contributed by atoms with Gasteiger partial charge in [0.2, 0.25) is 5.91 Å². The van der Waals surface area contributed by atoms with Crippen molar-refractivity contribution in [2.45, 2.75) is 32.6 Å². The van der Waals surface area contributed by atoms with Gasteiger partial charge in [0, 0.05) is 56.5 Å². The lowest BCUT2D eigenvalue weighted by molar-refractivity contribution is -0.135. The number of hydrogen-bond donors (Lipinski definition) is 0. The molecule has 148 valence electrons. The van der Waals surface area contributed by atoms with Gasteiger partial charge in [-0.1, -0.05) is 6.07 Å². The zero-order valence-corrected chi connectivity index (χ0v) is 16.7. The molecule has 3 heterocycles. The lowest BCUT2D eigenvalue weighted by Gasteiger charge is -2.33. The number of nitrogens with zero attached hydrogens (tertiary/aromatic N) is 4. The lowest BCUT2D eigenvalue weighted by atomic mass is 9.94. The van der Waals surface area contributed by atoms with E-state index in [2.05, 4.69) is 5.10 Å². The number of aryl methyl sites for hydroxylation is 2. The van der Waals surface area contributed by atoms with E-state index in [1.54, 1.807) is 4.68 Å². The zero-order chi connectivity index (χ0) is 19.7. The third kappa shape index (κ3) is 3.68. The van der Waals surface area contributed by atoms with Crippen LogP contribution in [0.4, 0.5) is 0 Å². The molecule has 2 aromatic rings. The molecular formula is C22H28N4O2. The molecule has 1 aromatic heterocycles. The Labute approximate surface area is 166 Å². The lowest BCUT2D eigenvalue weighted by Crippen LogP contribution is -2.43. The van der Waals surface area contributed by atoms with Crippen molar-refractivity contribution in [3.63, 3.8) is 0 Å². The summed E-state index contributed by atoms with van der Waals surface area (Å²) in [5, 5.41) is 4.24. The summed E-state index contributed by atoms with van der Waals surface area (Å²) in [5.41, 5.74) is 3.89. The van der Waals surface area contributed by atoms with Crippen LogP contribution in [-0.2, 0) is 11.8 Å². The van der Waals surface area contributed by atoms with E-state index in [1.165, 1.54) is 0 Å². The third-order valence-electron chi connectivity index (χ3n) is 6.05. The molecule has 0 N–H and O–H groups in total. The largest absolute Gasteiger partial charge is 0.342 e. The van der Waals surface area contributed by atoms with Crippen LogP contribution in [0, 0.1) is 12.8 Å². The van der Waals surface area contributed by atoms with Gasteiger partial charge in [-0.25, -0.2) is 0 Å². The fraction of sp³-hybridized carbons (Fsp3) is 0.500. The summed E-state index contributed by atoms with van der Waals surface area (Å²) in [6.45, 7) is 5.15. The normalized spacial score (nSPS) is 17.9. The Morgan fingerprint density at radius 1 is 1.04 bits per heavy atom. The number of amides is 2. The number of carbonyl (C=O) groups excluding carboxylic acids is 2. The molecule has 1 aromatic carbocycles. The van der Waals surface area contributed by atoms with Gasteiger partial charge < -0.3 is 9.80 Å². The number of benzene rings is 1. The Hall–Kier alpha value is -2.63. The van der Waals surface area contributed by atoms with E-state index in [0.29, 0.717) is 24.6 Å². The van der Waals surface area contributed by atoms with Crippen LogP contribution in [0.25, 0.3) is 11.1 Å². The van der Waals surface area contributed by atoms with Gasteiger partial charge in [0.15, 0.2) is 0 Å². The first-order valence-corrected chi connectivity index (χ1v) is 10.2. The molecule has 4 rings (SSSR count). The van der Waals surface area contributed by atoms with Crippen LogP contribution < -0.4 is 0 Å². The van der Waals surface area contributed by atoms with Crippen molar-refractivity contribution in [2.24, 2.45) is 13.0 Å². The Morgan fingerprint density at radius 2 is 1.75 bits per heavy atom. The van der Waals surface area contributed by atoms with Crippen LogP contribution in [0.3, 0.4) is 0 Å². The van der Waals surface area contributed by atoms with Gasteiger partial charge in [-0.15, -0.1) is 0 Å². The van der Waals surface area contributed by atoms with E-state index in [-0.39, 0.29) is 11.8 Å². The molecule has 2 aliphatic heterocycles. The molecule has 2 saturated heterocycles. The van der Waals surface area contributed by atoms with Gasteiger partial charge in [0.1, 0.15) is 0 Å². The maximum Gasteiger partial charge on any atom is 0.253 e. The molecular weight excluding hydrogens is 352 g/mol. The smallest absolute Gasteiger partial charge is 0.253 e. The second kappa shape index (κ2) is 7.78. The summed E-state index contributed by atoms with van der Waals surface area (Å²) in [7, 11) is 1.89. The fourth-order valence-electron chi connectivity index (χ4n) is 4.33. The first-order valence-electron chi connectivity index (χ1n) is 10.2. The van der Waals surface area contributed by atoms with E-state index in [0.717, 1.165) is 55.5 Å². The van der Waals surface area contributed by atoms with Gasteiger partial charge in [0.05, 0.1) is 6.20 Å². The van der Waals surface area contributed by atoms with Crippen molar-refractivity contribution < 1.29 is 9.59 Å². The van der Waals surface area contributed by atoms with Crippen LogP contribution in [0.1, 0.15) is 41.6 Å². The minimum atomic E-state index is 0.0530. The summed E-state index contributed by atoms with van der Waals surface area (Å²) in [4.78, 5) is 29.5. The maximum atomic E-state index is 13.0. The first kappa shape index (κ1) is 18.7. The molecule has 2 amide bonds. The Morgan fingerprint density at radius 3 is 2.39 bits per heavy atom. The maximum absolute atomic E-state index is 13.0. The topological polar surface area (TPSA) is 58.4 Å². The summed E-state index contributed by atoms with van der Waals surface area (Å²) in [6.07, 6.45) is 7.56. The van der Waals surface area contributed by atoms with Gasteiger partial charge in [-0.05, 0) is 55.9 Å². The van der Waals surface area contributed by atoms with E-state index in [4.69, 9.17) is 0 Å². The summed E-state index contributed by atoms with van der Waals surface area (Å²) < 4.78 is 1.77. The number of piperidine rings is 1. The summed E-state index contributed by atoms with van der Waals surface area (Å²) in [6, 6.07) is 5.87. The zero-order valence-electron chi connectivity index (χ0n) is 16.7. The van der Waals surface area contributed by atoms with Gasteiger partial charge in [-0.2, -0.15) is 5.10 Å². The Balaban J connectivity index is 1.43. The molecule has 0 unspecified atom stereocenters. The second-order valence-corrected chi connectivity index (χ2v) is 8.03. The molecule has 0 saturated carbocycles. The standard InChI is InChI=1S/C22H28N4O2/c1-16-5-6-18(13-20(16)19-14-23-24(2)15-19)22(28)26-11-7-17(8-12-26)21(27)25-9-3-4-10-25/h5-6,13-15,17H,3-4,7-12H2,1-2H3. The van der Waals surface area contributed by atoms with Crippen molar-refractivity contribution in [2.75, 3.05) is 26.2 Å². The highest BCUT2D eigenvalue weighted by Crippen LogP contribution is 2.27. The number of likely N-dealkylation sites (tertiary alicyclic amines) is 2. The SMILES string of the molecule is Cc1ccc(C(=O)N2CCC(C(=O)N3CCCC3)CC2)cc1-c1cnn(C)c1. The molecule has 2 fully saturated rings. The first-order chi connectivity index (χ1) is 13.5. The van der Waals surface area contributed by atoms with Crippen molar-refractivity contribution >= 4 is 11.8 Å². The highest BCUT2D eigenvalue weighted by Gasteiger charge is 2.31. The minimum absolute atomic E-state index is 0.0530. The van der Waals surface area contributed by atoms with Crippen molar-refractivity contribution in [3.05, 3.63) is 41.7 Å². The average molecular weight is 380 g/mol. The van der Waals surface area contributed by atoms with Crippen LogP contribution in [0.15, 0.2) is 30.6 Å². The molecule has 28 heavy (non-hydrogen) atoms. The van der Waals surface area contributed by atoms with E-state index >= 15 is 0 Å². The Kier molecular flexibility index (Phi) is 5.20. The number of rotatable bonds is 3.